The summed E-state index contributed by atoms with van der Waals surface area (Å²) in [7, 11) is 0. The highest BCUT2D eigenvalue weighted by Crippen LogP contribution is 2.33. The smallest absolute Gasteiger partial charge is 0.150 e. The molecule has 1 aromatic carbocycles. The van der Waals surface area contributed by atoms with Crippen LogP contribution in [0.4, 0.5) is 10.1 Å². The minimum atomic E-state index is -0.623. The molecule has 1 unspecified atom stereocenters. The van der Waals surface area contributed by atoms with Crippen molar-refractivity contribution in [3.8, 4) is 10.6 Å². The number of fused-ring (bicyclic) bond motifs is 1. The summed E-state index contributed by atoms with van der Waals surface area (Å²) in [6.07, 6.45) is 2.90. The van der Waals surface area contributed by atoms with Crippen molar-refractivity contribution in [3.63, 3.8) is 0 Å². The highest BCUT2D eigenvalue weighted by atomic mass is 32.1. The second-order valence-electron chi connectivity index (χ2n) is 5.60. The minimum Gasteiger partial charge on any atom is -0.375 e. The molecule has 0 radical (unpaired) electrons. The van der Waals surface area contributed by atoms with Gasteiger partial charge in [-0.3, -0.25) is 4.68 Å². The van der Waals surface area contributed by atoms with E-state index in [1.807, 2.05) is 29.3 Å². The zero-order chi connectivity index (χ0) is 16.5. The number of hydrogen-bond donors (Lipinski definition) is 1. The van der Waals surface area contributed by atoms with Crippen molar-refractivity contribution in [2.24, 2.45) is 0 Å². The first-order valence-electron chi connectivity index (χ1n) is 7.76. The lowest BCUT2D eigenvalue weighted by atomic mass is 10.2. The van der Waals surface area contributed by atoms with Crippen molar-refractivity contribution in [1.82, 2.24) is 14.8 Å². The number of thiazole rings is 1. The van der Waals surface area contributed by atoms with Crippen molar-refractivity contribution >= 4 is 27.2 Å². The molecule has 0 bridgehead atoms. The molecule has 1 saturated heterocycles. The van der Waals surface area contributed by atoms with Crippen LogP contribution in [0, 0.1) is 0 Å². The molecule has 24 heavy (non-hydrogen) atoms. The molecule has 4 rings (SSSR count). The van der Waals surface area contributed by atoms with Crippen LogP contribution < -0.4 is 4.90 Å². The van der Waals surface area contributed by atoms with Crippen molar-refractivity contribution in [1.29, 1.82) is 0 Å². The standard InChI is InChI=1S/C16H17FN4O2S/c17-3-4-20-9-11(8-18-20)16-19-13-2-1-12(7-14(13)24-16)21-5-6-23-10-15(21)22/h1-2,7-9,15,22H,3-6,10H2. The van der Waals surface area contributed by atoms with Crippen LogP contribution >= 0.6 is 11.3 Å². The lowest BCUT2D eigenvalue weighted by molar-refractivity contribution is 0.00634. The minimum absolute atomic E-state index is 0.254. The van der Waals surface area contributed by atoms with Crippen LogP contribution in [0.15, 0.2) is 30.6 Å². The maximum absolute atomic E-state index is 12.4. The van der Waals surface area contributed by atoms with Crippen LogP contribution in [0.25, 0.3) is 20.8 Å². The molecule has 0 aliphatic carbocycles. The number of hydrogen-bond acceptors (Lipinski definition) is 6. The number of alkyl halides is 1. The van der Waals surface area contributed by atoms with Crippen molar-refractivity contribution in [3.05, 3.63) is 30.6 Å². The van der Waals surface area contributed by atoms with E-state index in [1.54, 1.807) is 22.2 Å². The summed E-state index contributed by atoms with van der Waals surface area (Å²) in [5, 5.41) is 15.1. The fraction of sp³-hybridized carbons (Fsp3) is 0.375. The molecule has 0 spiro atoms. The number of aliphatic hydroxyl groups excluding tert-OH is 1. The van der Waals surface area contributed by atoms with Gasteiger partial charge in [0.25, 0.3) is 0 Å². The Morgan fingerprint density at radius 2 is 2.33 bits per heavy atom. The molecule has 1 aliphatic rings. The Labute approximate surface area is 142 Å². The van der Waals surface area contributed by atoms with Gasteiger partial charge in [0.15, 0.2) is 6.23 Å². The largest absolute Gasteiger partial charge is 0.375 e. The van der Waals surface area contributed by atoms with E-state index in [0.717, 1.165) is 26.5 Å². The normalized spacial score (nSPS) is 18.4. The third-order valence-electron chi connectivity index (χ3n) is 4.00. The number of nitrogens with zero attached hydrogens (tertiary/aromatic N) is 4. The summed E-state index contributed by atoms with van der Waals surface area (Å²) in [4.78, 5) is 6.56. The topological polar surface area (TPSA) is 63.4 Å². The van der Waals surface area contributed by atoms with E-state index in [4.69, 9.17) is 4.74 Å². The summed E-state index contributed by atoms with van der Waals surface area (Å²) in [6, 6.07) is 5.96. The predicted molar refractivity (Wildman–Crippen MR) is 91.0 cm³/mol. The Kier molecular flexibility index (Phi) is 4.17. The van der Waals surface area contributed by atoms with E-state index >= 15 is 0 Å². The molecule has 6 nitrogen and oxygen atoms in total. The Balaban J connectivity index is 1.65. The average Bonchev–Trinajstić information content (AvgIpc) is 3.21. The lowest BCUT2D eigenvalue weighted by Crippen LogP contribution is -2.45. The molecule has 3 aromatic rings. The number of benzene rings is 1. The number of aryl methyl sites for hydroxylation is 1. The summed E-state index contributed by atoms with van der Waals surface area (Å²) in [5.41, 5.74) is 2.75. The lowest BCUT2D eigenvalue weighted by Gasteiger charge is -2.33. The second kappa shape index (κ2) is 6.46. The maximum atomic E-state index is 12.4. The first-order valence-corrected chi connectivity index (χ1v) is 8.58. The van der Waals surface area contributed by atoms with Gasteiger partial charge in [0.1, 0.15) is 11.7 Å². The van der Waals surface area contributed by atoms with Crippen LogP contribution in [0.1, 0.15) is 0 Å². The first kappa shape index (κ1) is 15.5. The average molecular weight is 348 g/mol. The van der Waals surface area contributed by atoms with Crippen LogP contribution in [0.2, 0.25) is 0 Å². The van der Waals surface area contributed by atoms with Crippen LogP contribution in [-0.2, 0) is 11.3 Å². The molecule has 1 atom stereocenters. The number of halogens is 1. The first-order chi connectivity index (χ1) is 11.7. The van der Waals surface area contributed by atoms with Crippen LogP contribution in [0.5, 0.6) is 0 Å². The van der Waals surface area contributed by atoms with Crippen molar-refractivity contribution in [2.45, 2.75) is 12.8 Å². The van der Waals surface area contributed by atoms with Gasteiger partial charge in [-0.25, -0.2) is 9.37 Å². The van der Waals surface area contributed by atoms with Crippen molar-refractivity contribution < 1.29 is 14.2 Å². The van der Waals surface area contributed by atoms with Gasteiger partial charge in [-0.2, -0.15) is 5.10 Å². The highest BCUT2D eigenvalue weighted by Gasteiger charge is 2.21. The second-order valence-corrected chi connectivity index (χ2v) is 6.63. The van der Waals surface area contributed by atoms with E-state index in [0.29, 0.717) is 19.8 Å². The molecule has 2 aromatic heterocycles. The van der Waals surface area contributed by atoms with Crippen LogP contribution in [-0.4, -0.2) is 52.5 Å². The molecule has 8 heteroatoms. The molecular formula is C16H17FN4O2S. The van der Waals surface area contributed by atoms with Gasteiger partial charge in [0.2, 0.25) is 0 Å². The molecule has 1 fully saturated rings. The van der Waals surface area contributed by atoms with Gasteiger partial charge < -0.3 is 14.7 Å². The number of ether oxygens (including phenoxy) is 1. The number of aliphatic hydroxyl groups is 1. The van der Waals surface area contributed by atoms with Gasteiger partial charge >= 0.3 is 0 Å². The maximum Gasteiger partial charge on any atom is 0.150 e. The van der Waals surface area contributed by atoms with E-state index in [9.17, 15) is 9.50 Å². The summed E-state index contributed by atoms with van der Waals surface area (Å²) < 4.78 is 20.3. The number of anilines is 1. The van der Waals surface area contributed by atoms with E-state index < -0.39 is 12.9 Å². The third-order valence-corrected chi connectivity index (χ3v) is 5.07. The Morgan fingerprint density at radius 1 is 1.42 bits per heavy atom. The molecule has 1 N–H and O–H groups in total. The summed E-state index contributed by atoms with van der Waals surface area (Å²) >= 11 is 1.56. The Hall–Kier alpha value is -2.03. The fourth-order valence-electron chi connectivity index (χ4n) is 2.79. The van der Waals surface area contributed by atoms with Gasteiger partial charge in [-0.1, -0.05) is 0 Å². The monoisotopic (exact) mass is 348 g/mol. The molecule has 0 amide bonds. The molecule has 0 saturated carbocycles. The number of aromatic nitrogens is 3. The van der Waals surface area contributed by atoms with Gasteiger partial charge in [0, 0.05) is 24.0 Å². The van der Waals surface area contributed by atoms with Gasteiger partial charge in [-0.05, 0) is 18.2 Å². The zero-order valence-corrected chi connectivity index (χ0v) is 13.7. The molecular weight excluding hydrogens is 331 g/mol. The van der Waals surface area contributed by atoms with Crippen LogP contribution in [0.3, 0.4) is 0 Å². The van der Waals surface area contributed by atoms with E-state index in [2.05, 4.69) is 10.1 Å². The van der Waals surface area contributed by atoms with Crippen molar-refractivity contribution in [2.75, 3.05) is 31.3 Å². The number of rotatable bonds is 4. The SMILES string of the molecule is OC1COCCN1c1ccc2nc(-c3cnn(CCF)c3)sc2c1. The fourth-order valence-corrected chi connectivity index (χ4v) is 3.76. The number of morpholine rings is 1. The van der Waals surface area contributed by atoms with Gasteiger partial charge in [-0.15, -0.1) is 11.3 Å². The van der Waals surface area contributed by atoms with E-state index in [-0.39, 0.29) is 6.54 Å². The Morgan fingerprint density at radius 3 is 3.17 bits per heavy atom. The zero-order valence-electron chi connectivity index (χ0n) is 12.9. The summed E-state index contributed by atoms with van der Waals surface area (Å²) in [5.74, 6) is 0. The summed E-state index contributed by atoms with van der Waals surface area (Å²) in [6.45, 7) is 1.40. The molecule has 126 valence electrons. The highest BCUT2D eigenvalue weighted by molar-refractivity contribution is 7.21. The van der Waals surface area contributed by atoms with Gasteiger partial charge in [0.05, 0.1) is 36.2 Å². The predicted octanol–water partition coefficient (Wildman–Crippen LogP) is 2.28. The molecule has 3 heterocycles. The third kappa shape index (κ3) is 2.88. The Bertz CT molecular complexity index is 850. The molecule has 1 aliphatic heterocycles. The van der Waals surface area contributed by atoms with E-state index in [1.165, 1.54) is 0 Å². The quantitative estimate of drug-likeness (QED) is 0.784.